The quantitative estimate of drug-likeness (QED) is 0.737. The number of amides is 1. The highest BCUT2D eigenvalue weighted by molar-refractivity contribution is 7.11. The summed E-state index contributed by atoms with van der Waals surface area (Å²) in [5.74, 6) is 0.0925. The van der Waals surface area contributed by atoms with E-state index in [4.69, 9.17) is 0 Å². The summed E-state index contributed by atoms with van der Waals surface area (Å²) in [4.78, 5) is 21.7. The molecule has 88 valence electrons. The third-order valence-corrected chi connectivity index (χ3v) is 3.78. The fourth-order valence-electron chi connectivity index (χ4n) is 1.89. The molecule has 4 nitrogen and oxygen atoms in total. The first-order valence-corrected chi connectivity index (χ1v) is 6.31. The van der Waals surface area contributed by atoms with E-state index in [1.165, 1.54) is 0 Å². The molecule has 2 rings (SSSR count). The van der Waals surface area contributed by atoms with Crippen molar-refractivity contribution in [2.75, 3.05) is 33.2 Å². The van der Waals surface area contributed by atoms with Crippen molar-refractivity contribution in [2.45, 2.75) is 13.8 Å². The van der Waals surface area contributed by atoms with Gasteiger partial charge in [0.25, 0.3) is 5.91 Å². The van der Waals surface area contributed by atoms with Crippen LogP contribution >= 0.6 is 11.3 Å². The van der Waals surface area contributed by atoms with Crippen LogP contribution in [-0.2, 0) is 0 Å². The first kappa shape index (κ1) is 11.5. The van der Waals surface area contributed by atoms with E-state index in [9.17, 15) is 4.79 Å². The Bertz CT molecular complexity index is 394. The van der Waals surface area contributed by atoms with Crippen molar-refractivity contribution < 1.29 is 4.79 Å². The van der Waals surface area contributed by atoms with Crippen molar-refractivity contribution in [2.24, 2.45) is 0 Å². The van der Waals surface area contributed by atoms with Gasteiger partial charge in [-0.2, -0.15) is 0 Å². The summed E-state index contributed by atoms with van der Waals surface area (Å²) < 4.78 is 0. The van der Waals surface area contributed by atoms with Crippen LogP contribution in [0.25, 0.3) is 0 Å². The van der Waals surface area contributed by atoms with Crippen LogP contribution in [0.5, 0.6) is 0 Å². The van der Waals surface area contributed by atoms with Crippen molar-refractivity contribution >= 4 is 17.2 Å². The lowest BCUT2D eigenvalue weighted by Gasteiger charge is -2.32. The van der Waals surface area contributed by atoms with Gasteiger partial charge in [0.1, 0.15) is 5.69 Å². The maximum Gasteiger partial charge on any atom is 0.273 e. The average molecular weight is 239 g/mol. The van der Waals surface area contributed by atoms with E-state index < -0.39 is 0 Å². The smallest absolute Gasteiger partial charge is 0.273 e. The number of piperazine rings is 1. The molecule has 0 spiro atoms. The lowest BCUT2D eigenvalue weighted by atomic mass is 10.2. The predicted molar refractivity (Wildman–Crippen MR) is 65.0 cm³/mol. The Morgan fingerprint density at radius 3 is 2.38 bits per heavy atom. The number of hydrogen-bond donors (Lipinski definition) is 0. The second-order valence-corrected chi connectivity index (χ2v) is 5.64. The van der Waals surface area contributed by atoms with Gasteiger partial charge in [0.05, 0.1) is 5.01 Å². The van der Waals surface area contributed by atoms with Crippen LogP contribution in [-0.4, -0.2) is 53.9 Å². The summed E-state index contributed by atoms with van der Waals surface area (Å²) in [6.45, 7) is 7.44. The number of likely N-dealkylation sites (N-methyl/N-ethyl adjacent to an activating group) is 1. The van der Waals surface area contributed by atoms with Crippen molar-refractivity contribution in [1.82, 2.24) is 14.8 Å². The molecule has 16 heavy (non-hydrogen) atoms. The molecule has 1 fully saturated rings. The van der Waals surface area contributed by atoms with Crippen molar-refractivity contribution in [1.29, 1.82) is 0 Å². The van der Waals surface area contributed by atoms with Gasteiger partial charge < -0.3 is 9.80 Å². The molecule has 1 saturated heterocycles. The summed E-state index contributed by atoms with van der Waals surface area (Å²) in [7, 11) is 2.08. The fourth-order valence-corrected chi connectivity index (χ4v) is 2.70. The minimum Gasteiger partial charge on any atom is -0.335 e. The molecule has 0 radical (unpaired) electrons. The van der Waals surface area contributed by atoms with Gasteiger partial charge >= 0.3 is 0 Å². The monoisotopic (exact) mass is 239 g/mol. The van der Waals surface area contributed by atoms with E-state index in [-0.39, 0.29) is 5.91 Å². The van der Waals surface area contributed by atoms with Gasteiger partial charge in [-0.25, -0.2) is 4.98 Å². The molecule has 2 heterocycles. The normalized spacial score (nSPS) is 17.8. The Kier molecular flexibility index (Phi) is 3.25. The zero-order valence-electron chi connectivity index (χ0n) is 9.99. The van der Waals surface area contributed by atoms with Gasteiger partial charge in [-0.15, -0.1) is 11.3 Å². The number of carbonyl (C=O) groups is 1. The summed E-state index contributed by atoms with van der Waals surface area (Å²) in [5.41, 5.74) is 0.645. The van der Waals surface area contributed by atoms with Crippen molar-refractivity contribution in [3.63, 3.8) is 0 Å². The van der Waals surface area contributed by atoms with E-state index in [1.807, 2.05) is 18.7 Å². The molecule has 1 aromatic rings. The van der Waals surface area contributed by atoms with Crippen LogP contribution in [0.2, 0.25) is 0 Å². The van der Waals surface area contributed by atoms with Crippen molar-refractivity contribution in [3.8, 4) is 0 Å². The van der Waals surface area contributed by atoms with E-state index in [0.717, 1.165) is 36.1 Å². The maximum absolute atomic E-state index is 12.2. The number of carbonyl (C=O) groups excluding carboxylic acids is 1. The third kappa shape index (κ3) is 2.25. The first-order chi connectivity index (χ1) is 7.58. The highest BCUT2D eigenvalue weighted by Gasteiger charge is 2.23. The number of hydrogen-bond acceptors (Lipinski definition) is 4. The van der Waals surface area contributed by atoms with Gasteiger partial charge in [0.2, 0.25) is 0 Å². The summed E-state index contributed by atoms with van der Waals surface area (Å²) in [5, 5.41) is 0.968. The summed E-state index contributed by atoms with van der Waals surface area (Å²) >= 11 is 1.59. The number of nitrogens with zero attached hydrogens (tertiary/aromatic N) is 3. The number of aryl methyl sites for hydroxylation is 2. The molecule has 0 aromatic carbocycles. The van der Waals surface area contributed by atoms with E-state index in [0.29, 0.717) is 5.69 Å². The minimum atomic E-state index is 0.0925. The Labute approximate surface area is 99.9 Å². The molecule has 0 bridgehead atoms. The molecule has 1 aliphatic rings. The average Bonchev–Trinajstić information content (AvgIpc) is 2.58. The largest absolute Gasteiger partial charge is 0.335 e. The fraction of sp³-hybridized carbons (Fsp3) is 0.636. The minimum absolute atomic E-state index is 0.0925. The topological polar surface area (TPSA) is 36.4 Å². The van der Waals surface area contributed by atoms with Gasteiger partial charge in [-0.05, 0) is 20.9 Å². The zero-order chi connectivity index (χ0) is 11.7. The molecule has 1 aliphatic heterocycles. The predicted octanol–water partition coefficient (Wildman–Crippen LogP) is 1.15. The Morgan fingerprint density at radius 1 is 1.25 bits per heavy atom. The van der Waals surface area contributed by atoms with E-state index in [2.05, 4.69) is 16.9 Å². The van der Waals surface area contributed by atoms with E-state index in [1.54, 1.807) is 11.3 Å². The molecule has 0 saturated carbocycles. The lowest BCUT2D eigenvalue weighted by molar-refractivity contribution is 0.0658. The molecular weight excluding hydrogens is 222 g/mol. The molecule has 1 amide bonds. The second kappa shape index (κ2) is 4.51. The highest BCUT2D eigenvalue weighted by Crippen LogP contribution is 2.18. The zero-order valence-corrected chi connectivity index (χ0v) is 10.8. The van der Waals surface area contributed by atoms with Crippen LogP contribution < -0.4 is 0 Å². The number of rotatable bonds is 1. The van der Waals surface area contributed by atoms with Gasteiger partial charge in [0.15, 0.2) is 0 Å². The molecule has 0 unspecified atom stereocenters. The van der Waals surface area contributed by atoms with Crippen LogP contribution in [0.15, 0.2) is 0 Å². The summed E-state index contributed by atoms with van der Waals surface area (Å²) in [6.07, 6.45) is 0. The van der Waals surface area contributed by atoms with Gasteiger partial charge in [-0.3, -0.25) is 4.79 Å². The number of aromatic nitrogens is 1. The van der Waals surface area contributed by atoms with Crippen LogP contribution in [0, 0.1) is 13.8 Å². The van der Waals surface area contributed by atoms with Gasteiger partial charge in [0, 0.05) is 31.1 Å². The van der Waals surface area contributed by atoms with Gasteiger partial charge in [-0.1, -0.05) is 0 Å². The molecular formula is C11H17N3OS. The Hall–Kier alpha value is -0.940. The first-order valence-electron chi connectivity index (χ1n) is 5.50. The molecule has 1 aromatic heterocycles. The molecule has 5 heteroatoms. The molecule has 0 aliphatic carbocycles. The standard InChI is InChI=1S/C11H17N3OS/c1-8-10(12-9(2)16-8)11(15)14-6-4-13(3)5-7-14/h4-7H2,1-3H3. The maximum atomic E-state index is 12.2. The second-order valence-electron chi connectivity index (χ2n) is 4.23. The Balaban J connectivity index is 2.10. The van der Waals surface area contributed by atoms with E-state index >= 15 is 0 Å². The molecule has 0 atom stereocenters. The SMILES string of the molecule is Cc1nc(C(=O)N2CCN(C)CC2)c(C)s1. The number of thiazole rings is 1. The third-order valence-electron chi connectivity index (χ3n) is 2.90. The van der Waals surface area contributed by atoms with Crippen molar-refractivity contribution in [3.05, 3.63) is 15.6 Å². The molecule has 0 N–H and O–H groups in total. The van der Waals surface area contributed by atoms with Crippen LogP contribution in [0.1, 0.15) is 20.4 Å². The van der Waals surface area contributed by atoms with Crippen LogP contribution in [0.4, 0.5) is 0 Å². The highest BCUT2D eigenvalue weighted by atomic mass is 32.1. The lowest BCUT2D eigenvalue weighted by Crippen LogP contribution is -2.47. The summed E-state index contributed by atoms with van der Waals surface area (Å²) in [6, 6.07) is 0. The van der Waals surface area contributed by atoms with Crippen LogP contribution in [0.3, 0.4) is 0 Å². The Morgan fingerprint density at radius 2 is 1.88 bits per heavy atom.